The molecule has 2 N–H and O–H groups in total. The highest BCUT2D eigenvalue weighted by atomic mass is 35.5. The van der Waals surface area contributed by atoms with Gasteiger partial charge in [0.1, 0.15) is 6.04 Å². The Morgan fingerprint density at radius 1 is 1.43 bits per heavy atom. The number of benzene rings is 1. The summed E-state index contributed by atoms with van der Waals surface area (Å²) in [5, 5.41) is 5.21. The number of hydrogen-bond acceptors (Lipinski definition) is 5. The Balaban J connectivity index is 1.73. The number of amides is 2. The Morgan fingerprint density at radius 2 is 2.24 bits per heavy atom. The number of carbonyl (C=O) groups excluding carboxylic acids is 3. The van der Waals surface area contributed by atoms with E-state index < -0.39 is 17.3 Å². The SMILES string of the molecule is O=C(CSC(=O)N[C@H]1CCOC1=O)Nc1cccc(Cl)c1. The van der Waals surface area contributed by atoms with Gasteiger partial charge in [-0.05, 0) is 18.2 Å². The third-order valence-corrected chi connectivity index (χ3v) is 3.69. The van der Waals surface area contributed by atoms with Gasteiger partial charge in [-0.1, -0.05) is 29.4 Å². The first-order chi connectivity index (χ1) is 10.0. The highest BCUT2D eigenvalue weighted by Gasteiger charge is 2.28. The Morgan fingerprint density at radius 3 is 2.90 bits per heavy atom. The minimum atomic E-state index is -0.610. The second-order valence-corrected chi connectivity index (χ2v) is 5.67. The first-order valence-electron chi connectivity index (χ1n) is 6.20. The topological polar surface area (TPSA) is 84.5 Å². The van der Waals surface area contributed by atoms with Crippen molar-refractivity contribution in [3.63, 3.8) is 0 Å². The molecule has 1 aromatic carbocycles. The average molecular weight is 329 g/mol. The molecule has 0 aliphatic carbocycles. The Labute approximate surface area is 130 Å². The van der Waals surface area contributed by atoms with Crippen LogP contribution in [0, 0.1) is 0 Å². The lowest BCUT2D eigenvalue weighted by molar-refractivity contribution is -0.139. The lowest BCUT2D eigenvalue weighted by atomic mass is 10.3. The first kappa shape index (κ1) is 15.7. The highest BCUT2D eigenvalue weighted by molar-refractivity contribution is 8.14. The predicted molar refractivity (Wildman–Crippen MR) is 80.4 cm³/mol. The van der Waals surface area contributed by atoms with Crippen LogP contribution in [0.5, 0.6) is 0 Å². The van der Waals surface area contributed by atoms with Gasteiger partial charge in [0.2, 0.25) is 5.91 Å². The first-order valence-corrected chi connectivity index (χ1v) is 7.56. The van der Waals surface area contributed by atoms with Crippen LogP contribution in [0.2, 0.25) is 5.02 Å². The largest absolute Gasteiger partial charge is 0.464 e. The van der Waals surface area contributed by atoms with E-state index >= 15 is 0 Å². The van der Waals surface area contributed by atoms with E-state index in [2.05, 4.69) is 10.6 Å². The molecule has 1 aliphatic heterocycles. The van der Waals surface area contributed by atoms with E-state index in [0.29, 0.717) is 23.7 Å². The maximum Gasteiger partial charge on any atom is 0.328 e. The molecule has 1 heterocycles. The third kappa shape index (κ3) is 4.95. The molecule has 8 heteroatoms. The summed E-state index contributed by atoms with van der Waals surface area (Å²) in [6, 6.07) is 6.10. The molecule has 1 aliphatic rings. The monoisotopic (exact) mass is 328 g/mol. The molecule has 0 bridgehead atoms. The van der Waals surface area contributed by atoms with Crippen LogP contribution in [0.1, 0.15) is 6.42 Å². The molecule has 0 radical (unpaired) electrons. The zero-order chi connectivity index (χ0) is 15.2. The van der Waals surface area contributed by atoms with Crippen LogP contribution in [0.15, 0.2) is 24.3 Å². The van der Waals surface area contributed by atoms with Gasteiger partial charge in [0.15, 0.2) is 0 Å². The van der Waals surface area contributed by atoms with E-state index in [4.69, 9.17) is 16.3 Å². The summed E-state index contributed by atoms with van der Waals surface area (Å²) in [5.74, 6) is -0.820. The minimum Gasteiger partial charge on any atom is -0.464 e. The minimum absolute atomic E-state index is 0.0554. The molecule has 2 rings (SSSR count). The van der Waals surface area contributed by atoms with Gasteiger partial charge in [0, 0.05) is 17.1 Å². The van der Waals surface area contributed by atoms with Gasteiger partial charge in [-0.3, -0.25) is 9.59 Å². The van der Waals surface area contributed by atoms with Crippen LogP contribution < -0.4 is 10.6 Å². The number of thioether (sulfide) groups is 1. The second kappa shape index (κ2) is 7.33. The van der Waals surface area contributed by atoms with E-state index in [-0.39, 0.29) is 11.7 Å². The fraction of sp³-hybridized carbons (Fsp3) is 0.308. The van der Waals surface area contributed by atoms with Crippen molar-refractivity contribution in [3.05, 3.63) is 29.3 Å². The molecule has 21 heavy (non-hydrogen) atoms. The third-order valence-electron chi connectivity index (χ3n) is 2.67. The molecule has 2 amide bonds. The number of nitrogens with one attached hydrogen (secondary N) is 2. The lowest BCUT2D eigenvalue weighted by Crippen LogP contribution is -2.36. The number of esters is 1. The Hall–Kier alpha value is -1.73. The number of carbonyl (C=O) groups is 3. The molecule has 112 valence electrons. The van der Waals surface area contributed by atoms with Crippen molar-refractivity contribution in [2.45, 2.75) is 12.5 Å². The standard InChI is InChI=1S/C13H13ClN2O4S/c14-8-2-1-3-9(6-8)15-11(17)7-21-13(19)16-10-4-5-20-12(10)18/h1-3,6,10H,4-5,7H2,(H,15,17)(H,16,19)/t10-/m0/s1. The van der Waals surface area contributed by atoms with Gasteiger partial charge in [-0.2, -0.15) is 0 Å². The fourth-order valence-electron chi connectivity index (χ4n) is 1.71. The molecule has 0 unspecified atom stereocenters. The number of ether oxygens (including phenoxy) is 1. The maximum absolute atomic E-state index is 11.7. The van der Waals surface area contributed by atoms with E-state index in [1.165, 1.54) is 0 Å². The molecule has 1 atom stereocenters. The van der Waals surface area contributed by atoms with Gasteiger partial charge in [0.05, 0.1) is 12.4 Å². The van der Waals surface area contributed by atoms with Crippen molar-refractivity contribution in [1.29, 1.82) is 0 Å². The van der Waals surface area contributed by atoms with Crippen molar-refractivity contribution >= 4 is 46.2 Å². The van der Waals surface area contributed by atoms with Crippen molar-refractivity contribution in [1.82, 2.24) is 5.32 Å². The molecule has 1 saturated heterocycles. The van der Waals surface area contributed by atoms with Gasteiger partial charge in [-0.25, -0.2) is 4.79 Å². The molecule has 1 fully saturated rings. The van der Waals surface area contributed by atoms with Crippen LogP contribution in [0.4, 0.5) is 10.5 Å². The summed E-state index contributed by atoms with van der Waals surface area (Å²) < 4.78 is 4.73. The Bertz CT molecular complexity index is 567. The molecule has 1 aromatic rings. The predicted octanol–water partition coefficient (Wildman–Crippen LogP) is 2.04. The smallest absolute Gasteiger partial charge is 0.328 e. The van der Waals surface area contributed by atoms with E-state index in [0.717, 1.165) is 11.8 Å². The van der Waals surface area contributed by atoms with Crippen LogP contribution in [-0.4, -0.2) is 35.5 Å². The van der Waals surface area contributed by atoms with Crippen LogP contribution in [0.3, 0.4) is 0 Å². The molecule has 0 aromatic heterocycles. The van der Waals surface area contributed by atoms with Gasteiger partial charge in [-0.15, -0.1) is 0 Å². The van der Waals surface area contributed by atoms with E-state index in [9.17, 15) is 14.4 Å². The molecular formula is C13H13ClN2O4S. The number of hydrogen-bond donors (Lipinski definition) is 2. The number of cyclic esters (lactones) is 1. The number of rotatable bonds is 4. The second-order valence-electron chi connectivity index (χ2n) is 4.29. The lowest BCUT2D eigenvalue weighted by Gasteiger charge is -2.08. The summed E-state index contributed by atoms with van der Waals surface area (Å²) in [6.07, 6.45) is 0.458. The highest BCUT2D eigenvalue weighted by Crippen LogP contribution is 2.15. The summed E-state index contributed by atoms with van der Waals surface area (Å²) in [5.41, 5.74) is 0.563. The Kier molecular flexibility index (Phi) is 5.46. The quantitative estimate of drug-likeness (QED) is 0.826. The van der Waals surface area contributed by atoms with Crippen LogP contribution in [0.25, 0.3) is 0 Å². The van der Waals surface area contributed by atoms with Gasteiger partial charge >= 0.3 is 5.97 Å². The summed E-state index contributed by atoms with van der Waals surface area (Å²) in [6.45, 7) is 0.309. The van der Waals surface area contributed by atoms with Crippen molar-refractivity contribution in [2.24, 2.45) is 0 Å². The molecule has 0 saturated carbocycles. The van der Waals surface area contributed by atoms with E-state index in [1.807, 2.05) is 0 Å². The number of halogens is 1. The number of anilines is 1. The van der Waals surface area contributed by atoms with Gasteiger partial charge in [0.25, 0.3) is 5.24 Å². The zero-order valence-electron chi connectivity index (χ0n) is 10.9. The maximum atomic E-state index is 11.7. The molecular weight excluding hydrogens is 316 g/mol. The normalized spacial score (nSPS) is 17.2. The van der Waals surface area contributed by atoms with Gasteiger partial charge < -0.3 is 15.4 Å². The molecule has 0 spiro atoms. The van der Waals surface area contributed by atoms with Crippen molar-refractivity contribution < 1.29 is 19.1 Å². The van der Waals surface area contributed by atoms with Crippen molar-refractivity contribution in [2.75, 3.05) is 17.7 Å². The zero-order valence-corrected chi connectivity index (χ0v) is 12.5. The van der Waals surface area contributed by atoms with Crippen molar-refractivity contribution in [3.8, 4) is 0 Å². The fourth-order valence-corrected chi connectivity index (χ4v) is 2.46. The van der Waals surface area contributed by atoms with E-state index in [1.54, 1.807) is 24.3 Å². The van der Waals surface area contributed by atoms with Crippen LogP contribution >= 0.6 is 23.4 Å². The van der Waals surface area contributed by atoms with Crippen LogP contribution in [-0.2, 0) is 14.3 Å². The summed E-state index contributed by atoms with van der Waals surface area (Å²) in [7, 11) is 0. The summed E-state index contributed by atoms with van der Waals surface area (Å²) in [4.78, 5) is 34.5. The molecule has 6 nitrogen and oxygen atoms in total. The summed E-state index contributed by atoms with van der Waals surface area (Å²) >= 11 is 6.59. The average Bonchev–Trinajstić information content (AvgIpc) is 2.82.